The van der Waals surface area contributed by atoms with Crippen molar-refractivity contribution in [2.45, 2.75) is 0 Å². The quantitative estimate of drug-likeness (QED) is 0.312. The van der Waals surface area contributed by atoms with E-state index in [0.29, 0.717) is 17.9 Å². The molecule has 7 heteroatoms. The lowest BCUT2D eigenvalue weighted by molar-refractivity contribution is 0.0942. The van der Waals surface area contributed by atoms with Gasteiger partial charge in [0.05, 0.1) is 23.3 Å². The standard InChI is InChI=1S/C26H24N4O2S/c1-28(2)26(32)29-16-23(22-11-10-19(13-24(22)29)18-7-4-3-5-8-18)25(31)20-15-30(33-17-20)21-9-6-12-27-14-21/h3-14,16,20H,15,17H2,1-2H3. The lowest BCUT2D eigenvalue weighted by Crippen LogP contribution is -2.26. The zero-order valence-corrected chi connectivity index (χ0v) is 19.3. The Morgan fingerprint density at radius 2 is 1.85 bits per heavy atom. The molecular formula is C26H24N4O2S. The normalized spacial score (nSPS) is 15.7. The van der Waals surface area contributed by atoms with Gasteiger partial charge in [-0.15, -0.1) is 0 Å². The Morgan fingerprint density at radius 1 is 1.03 bits per heavy atom. The van der Waals surface area contributed by atoms with Crippen LogP contribution in [0.4, 0.5) is 10.5 Å². The Balaban J connectivity index is 1.53. The molecule has 0 aliphatic carbocycles. The number of anilines is 1. The molecule has 0 radical (unpaired) electrons. The van der Waals surface area contributed by atoms with Gasteiger partial charge in [-0.2, -0.15) is 0 Å². The second-order valence-electron chi connectivity index (χ2n) is 8.32. The van der Waals surface area contributed by atoms with Gasteiger partial charge in [0, 0.05) is 49.7 Å². The Labute approximate surface area is 197 Å². The van der Waals surface area contributed by atoms with Crippen LogP contribution in [0.15, 0.2) is 79.3 Å². The van der Waals surface area contributed by atoms with Gasteiger partial charge in [-0.25, -0.2) is 4.79 Å². The van der Waals surface area contributed by atoms with Crippen LogP contribution in [0, 0.1) is 5.92 Å². The van der Waals surface area contributed by atoms with Gasteiger partial charge in [0.25, 0.3) is 0 Å². The van der Waals surface area contributed by atoms with Crippen LogP contribution >= 0.6 is 11.9 Å². The summed E-state index contributed by atoms with van der Waals surface area (Å²) in [6.07, 6.45) is 5.27. The number of carbonyl (C=O) groups is 2. The molecule has 4 aromatic rings. The van der Waals surface area contributed by atoms with Crippen molar-refractivity contribution in [3.63, 3.8) is 0 Å². The number of aromatic nitrogens is 2. The van der Waals surface area contributed by atoms with E-state index in [4.69, 9.17) is 0 Å². The van der Waals surface area contributed by atoms with Gasteiger partial charge < -0.3 is 9.21 Å². The fourth-order valence-electron chi connectivity index (χ4n) is 4.15. The fourth-order valence-corrected chi connectivity index (χ4v) is 5.31. The molecule has 5 rings (SSSR count). The van der Waals surface area contributed by atoms with Crippen molar-refractivity contribution < 1.29 is 9.59 Å². The minimum absolute atomic E-state index is 0.0663. The Morgan fingerprint density at radius 3 is 2.58 bits per heavy atom. The molecule has 0 N–H and O–H groups in total. The number of fused-ring (bicyclic) bond motifs is 1. The van der Waals surface area contributed by atoms with Crippen LogP contribution < -0.4 is 4.31 Å². The van der Waals surface area contributed by atoms with E-state index in [9.17, 15) is 9.59 Å². The van der Waals surface area contributed by atoms with Crippen LogP contribution in [0.2, 0.25) is 0 Å². The van der Waals surface area contributed by atoms with E-state index < -0.39 is 0 Å². The van der Waals surface area contributed by atoms with E-state index in [2.05, 4.69) is 9.29 Å². The Hall–Kier alpha value is -3.58. The van der Waals surface area contributed by atoms with E-state index in [1.165, 1.54) is 4.90 Å². The third-order valence-corrected chi connectivity index (χ3v) is 7.11. The van der Waals surface area contributed by atoms with E-state index in [0.717, 1.165) is 27.7 Å². The smallest absolute Gasteiger partial charge is 0.328 e. The number of amides is 1. The third-order valence-electron chi connectivity index (χ3n) is 5.89. The molecule has 1 unspecified atom stereocenters. The summed E-state index contributed by atoms with van der Waals surface area (Å²) in [6, 6.07) is 19.7. The minimum atomic E-state index is -0.179. The first kappa shape index (κ1) is 21.3. The van der Waals surface area contributed by atoms with Crippen LogP contribution in [0.5, 0.6) is 0 Å². The SMILES string of the molecule is CN(C)C(=O)n1cc(C(=O)C2CSN(c3cccnc3)C2)c2ccc(-c3ccccc3)cc21. The van der Waals surface area contributed by atoms with Crippen molar-refractivity contribution in [2.24, 2.45) is 5.92 Å². The summed E-state index contributed by atoms with van der Waals surface area (Å²) >= 11 is 1.64. The number of carbonyl (C=O) groups excluding carboxylic acids is 2. The van der Waals surface area contributed by atoms with E-state index >= 15 is 0 Å². The molecule has 2 aromatic carbocycles. The fraction of sp³-hybridized carbons (Fsp3) is 0.192. The minimum Gasteiger partial charge on any atom is -0.330 e. The van der Waals surface area contributed by atoms with Crippen LogP contribution in [0.1, 0.15) is 10.4 Å². The number of nitrogens with zero attached hydrogens (tertiary/aromatic N) is 4. The average molecular weight is 457 g/mol. The number of benzene rings is 2. The molecule has 33 heavy (non-hydrogen) atoms. The number of pyridine rings is 1. The zero-order valence-electron chi connectivity index (χ0n) is 18.5. The maximum Gasteiger partial charge on any atom is 0.328 e. The second-order valence-corrected chi connectivity index (χ2v) is 9.35. The highest BCUT2D eigenvalue weighted by atomic mass is 32.2. The van der Waals surface area contributed by atoms with Crippen LogP contribution in [0.3, 0.4) is 0 Å². The van der Waals surface area contributed by atoms with Crippen molar-refractivity contribution >= 4 is 40.4 Å². The highest BCUT2D eigenvalue weighted by molar-refractivity contribution is 8.00. The predicted octanol–water partition coefficient (Wildman–Crippen LogP) is 5.20. The molecule has 6 nitrogen and oxygen atoms in total. The van der Waals surface area contributed by atoms with Crippen molar-refractivity contribution in [2.75, 3.05) is 30.7 Å². The van der Waals surface area contributed by atoms with E-state index in [1.807, 2.05) is 66.9 Å². The number of rotatable bonds is 4. The summed E-state index contributed by atoms with van der Waals surface area (Å²) in [5.41, 5.74) is 4.41. The first-order valence-electron chi connectivity index (χ1n) is 10.8. The monoisotopic (exact) mass is 456 g/mol. The number of hydrogen-bond donors (Lipinski definition) is 0. The molecule has 0 spiro atoms. The van der Waals surface area contributed by atoms with Gasteiger partial charge in [-0.3, -0.25) is 14.3 Å². The molecule has 1 fully saturated rings. The van der Waals surface area contributed by atoms with E-state index in [1.54, 1.807) is 43.0 Å². The summed E-state index contributed by atoms with van der Waals surface area (Å²) in [5, 5.41) is 0.805. The van der Waals surface area contributed by atoms with Crippen LogP contribution in [0.25, 0.3) is 22.0 Å². The van der Waals surface area contributed by atoms with Crippen molar-refractivity contribution in [1.29, 1.82) is 0 Å². The zero-order chi connectivity index (χ0) is 22.9. The second kappa shape index (κ2) is 8.75. The molecule has 1 aliphatic rings. The summed E-state index contributed by atoms with van der Waals surface area (Å²) in [5.74, 6) is 0.610. The molecule has 2 aromatic heterocycles. The number of ketones is 1. The highest BCUT2D eigenvalue weighted by Crippen LogP contribution is 2.35. The summed E-state index contributed by atoms with van der Waals surface area (Å²) in [6.45, 7) is 0.617. The third kappa shape index (κ3) is 4.00. The highest BCUT2D eigenvalue weighted by Gasteiger charge is 2.32. The van der Waals surface area contributed by atoms with Crippen molar-refractivity contribution in [1.82, 2.24) is 14.5 Å². The van der Waals surface area contributed by atoms with Gasteiger partial charge in [-0.05, 0) is 41.3 Å². The van der Waals surface area contributed by atoms with E-state index in [-0.39, 0.29) is 17.7 Å². The molecule has 0 bridgehead atoms. The largest absolute Gasteiger partial charge is 0.330 e. The first-order valence-corrected chi connectivity index (χ1v) is 11.7. The van der Waals surface area contributed by atoms with Gasteiger partial charge in [-0.1, -0.05) is 42.5 Å². The van der Waals surface area contributed by atoms with Crippen LogP contribution in [-0.4, -0.2) is 52.7 Å². The van der Waals surface area contributed by atoms with Crippen LogP contribution in [-0.2, 0) is 0 Å². The molecule has 166 valence electrons. The molecule has 1 amide bonds. The maximum atomic E-state index is 13.6. The van der Waals surface area contributed by atoms with Crippen molar-refractivity contribution in [3.8, 4) is 11.1 Å². The molecule has 1 aliphatic heterocycles. The average Bonchev–Trinajstić information content (AvgIpc) is 3.49. The first-order chi connectivity index (χ1) is 16.0. The molecule has 1 saturated heterocycles. The van der Waals surface area contributed by atoms with Gasteiger partial charge in [0.15, 0.2) is 5.78 Å². The van der Waals surface area contributed by atoms with Crippen molar-refractivity contribution in [3.05, 3.63) is 84.8 Å². The molecular weight excluding hydrogens is 432 g/mol. The number of hydrogen-bond acceptors (Lipinski definition) is 5. The molecule has 3 heterocycles. The van der Waals surface area contributed by atoms with Gasteiger partial charge in [0.2, 0.25) is 0 Å². The number of Topliss-reactive ketones (excluding diaryl/α,β-unsaturated/α-hetero) is 1. The Bertz CT molecular complexity index is 1320. The molecule has 0 saturated carbocycles. The lowest BCUT2D eigenvalue weighted by Gasteiger charge is -2.15. The Kier molecular flexibility index (Phi) is 5.64. The summed E-state index contributed by atoms with van der Waals surface area (Å²) in [7, 11) is 3.44. The predicted molar refractivity (Wildman–Crippen MR) is 134 cm³/mol. The topological polar surface area (TPSA) is 58.4 Å². The summed E-state index contributed by atoms with van der Waals surface area (Å²) in [4.78, 5) is 32.3. The van der Waals surface area contributed by atoms with Gasteiger partial charge in [0.1, 0.15) is 0 Å². The molecule has 1 atom stereocenters. The maximum absolute atomic E-state index is 13.6. The summed E-state index contributed by atoms with van der Waals surface area (Å²) < 4.78 is 3.71. The van der Waals surface area contributed by atoms with Gasteiger partial charge >= 0.3 is 6.03 Å². The lowest BCUT2D eigenvalue weighted by atomic mass is 9.97.